The van der Waals surface area contributed by atoms with E-state index in [1.807, 2.05) is 65.1 Å². The zero-order valence-electron chi connectivity index (χ0n) is 59.1. The molecule has 2 atom stereocenters. The van der Waals surface area contributed by atoms with Gasteiger partial charge in [-0.1, -0.05) is 85.6 Å². The molecule has 4 fully saturated rings. The van der Waals surface area contributed by atoms with E-state index in [1.165, 1.54) is 12.0 Å². The highest BCUT2D eigenvalue weighted by atomic mass is 35.5. The van der Waals surface area contributed by atoms with Crippen LogP contribution in [0.15, 0.2) is 146 Å². The van der Waals surface area contributed by atoms with Crippen molar-refractivity contribution in [2.24, 2.45) is 0 Å². The van der Waals surface area contributed by atoms with Crippen molar-refractivity contribution in [3.8, 4) is 22.3 Å². The Balaban J connectivity index is 0.000000186. The molecular weight excluding hydrogens is 1350 g/mol. The van der Waals surface area contributed by atoms with Crippen molar-refractivity contribution < 1.29 is 33.4 Å². The number of hydrogen-bond acceptors (Lipinski definition) is 15. The Morgan fingerprint density at radius 1 is 0.529 bits per heavy atom. The molecule has 4 aromatic heterocycles. The topological polar surface area (TPSA) is 253 Å². The predicted molar refractivity (Wildman–Crippen MR) is 407 cm³/mol. The quantitative estimate of drug-likeness (QED) is 0.0263. The molecule has 0 spiro atoms. The summed E-state index contributed by atoms with van der Waals surface area (Å²) in [5.74, 6) is -1.16. The molecule has 7 N–H and O–H groups in total. The first-order chi connectivity index (χ1) is 50.7. The first-order valence-electron chi connectivity index (χ1n) is 36.2. The molecule has 2 bridgehead atoms. The first kappa shape index (κ1) is 72.5. The number of nitrogens with one attached hydrogen (secondary N) is 7. The number of amides is 4. The molecular formula is C81H88Cl2N14O7. The molecule has 6 aromatic carbocycles. The molecule has 4 amide bonds. The van der Waals surface area contributed by atoms with Crippen LogP contribution in [0.1, 0.15) is 151 Å². The number of carbonyl (C=O) groups excluding carboxylic acids is 5. The summed E-state index contributed by atoms with van der Waals surface area (Å²) in [6.07, 6.45) is 10.7. The van der Waals surface area contributed by atoms with Crippen molar-refractivity contribution in [2.45, 2.75) is 143 Å². The van der Waals surface area contributed by atoms with Crippen LogP contribution in [0.25, 0.3) is 44.3 Å². The van der Waals surface area contributed by atoms with Gasteiger partial charge in [-0.15, -0.1) is 0 Å². The van der Waals surface area contributed by atoms with Crippen molar-refractivity contribution in [1.29, 1.82) is 0 Å². The predicted octanol–water partition coefficient (Wildman–Crippen LogP) is 12.9. The molecule has 0 radical (unpaired) electrons. The van der Waals surface area contributed by atoms with Gasteiger partial charge in [0.05, 0.1) is 34.5 Å². The lowest BCUT2D eigenvalue weighted by molar-refractivity contribution is 0.0903. The number of likely N-dealkylation sites (tertiary alicyclic amines) is 1. The van der Waals surface area contributed by atoms with Crippen molar-refractivity contribution >= 4 is 86.6 Å². The maximum absolute atomic E-state index is 13.6. The largest absolute Gasteiger partial charge is 0.381 e. The van der Waals surface area contributed by atoms with Gasteiger partial charge in [-0.2, -0.15) is 10.2 Å². The van der Waals surface area contributed by atoms with Crippen molar-refractivity contribution in [3.05, 3.63) is 223 Å². The molecule has 10 aromatic rings. The molecule has 538 valence electrons. The summed E-state index contributed by atoms with van der Waals surface area (Å²) in [6.45, 7) is 16.6. The number of nitrogens with zero attached hydrogens (tertiary/aromatic N) is 7. The molecule has 4 saturated heterocycles. The lowest BCUT2D eigenvalue weighted by atomic mass is 10.0. The number of anilines is 2. The van der Waals surface area contributed by atoms with Crippen molar-refractivity contribution in [2.75, 3.05) is 50.2 Å². The number of aromatic nitrogens is 6. The number of benzene rings is 6. The van der Waals surface area contributed by atoms with Gasteiger partial charge in [0.2, 0.25) is 0 Å². The number of ether oxygens (including phenoxy) is 2. The second-order valence-electron chi connectivity index (χ2n) is 26.9. The van der Waals surface area contributed by atoms with Crippen LogP contribution in [-0.4, -0.2) is 128 Å². The number of rotatable bonds is 25. The van der Waals surface area contributed by atoms with E-state index in [0.29, 0.717) is 109 Å². The van der Waals surface area contributed by atoms with Crippen LogP contribution in [0.4, 0.5) is 11.4 Å². The second kappa shape index (κ2) is 33.7. The Morgan fingerprint density at radius 2 is 0.971 bits per heavy atom. The lowest BCUT2D eigenvalue weighted by Gasteiger charge is -2.27. The summed E-state index contributed by atoms with van der Waals surface area (Å²) in [5.41, 5.74) is 16.1. The molecule has 8 heterocycles. The summed E-state index contributed by atoms with van der Waals surface area (Å²) in [4.78, 5) is 77.5. The summed E-state index contributed by atoms with van der Waals surface area (Å²) >= 11 is 13.0. The third-order valence-electron chi connectivity index (χ3n) is 20.0. The number of aryl methyl sites for hydroxylation is 4. The Labute approximate surface area is 615 Å². The molecule has 4 aliphatic heterocycles. The zero-order valence-corrected chi connectivity index (χ0v) is 60.6. The summed E-state index contributed by atoms with van der Waals surface area (Å²) in [5, 5.41) is 35.4. The summed E-state index contributed by atoms with van der Waals surface area (Å²) in [6, 6.07) is 42.5. The monoisotopic (exact) mass is 1440 g/mol. The first-order valence-corrected chi connectivity index (χ1v) is 36.9. The van der Waals surface area contributed by atoms with E-state index >= 15 is 0 Å². The van der Waals surface area contributed by atoms with Crippen LogP contribution >= 0.6 is 23.2 Å². The van der Waals surface area contributed by atoms with Crippen LogP contribution in [0.3, 0.4) is 0 Å². The lowest BCUT2D eigenvalue weighted by Crippen LogP contribution is -2.42. The van der Waals surface area contributed by atoms with Gasteiger partial charge in [-0.3, -0.25) is 28.9 Å². The molecule has 23 heteroatoms. The van der Waals surface area contributed by atoms with E-state index in [1.54, 1.807) is 66.7 Å². The fourth-order valence-electron chi connectivity index (χ4n) is 14.5. The van der Waals surface area contributed by atoms with Crippen LogP contribution in [-0.2, 0) is 68.1 Å². The van der Waals surface area contributed by atoms with E-state index < -0.39 is 0 Å². The van der Waals surface area contributed by atoms with E-state index in [2.05, 4.69) is 103 Å². The minimum absolute atomic E-state index is 0.225. The molecule has 0 aliphatic carbocycles. The molecule has 0 unspecified atom stereocenters. The Hall–Kier alpha value is -9.87. The molecule has 14 rings (SSSR count). The third-order valence-corrected chi connectivity index (χ3v) is 20.4. The number of halogens is 2. The normalized spacial score (nSPS) is 16.1. The maximum atomic E-state index is 13.6. The average Bonchev–Trinajstić information content (AvgIpc) is 1.64. The highest BCUT2D eigenvalue weighted by molar-refractivity contribution is 6.31. The number of aldehydes is 1. The fraction of sp³-hybridized carbons (Fsp3) is 0.346. The van der Waals surface area contributed by atoms with Crippen LogP contribution in [0.2, 0.25) is 10.0 Å². The molecule has 4 aliphatic rings. The van der Waals surface area contributed by atoms with Crippen LogP contribution < -0.4 is 37.2 Å². The van der Waals surface area contributed by atoms with Crippen molar-refractivity contribution in [3.63, 3.8) is 0 Å². The number of piperazine rings is 1. The zero-order chi connectivity index (χ0) is 72.2. The van der Waals surface area contributed by atoms with E-state index in [-0.39, 0.29) is 55.3 Å². The SMILES string of the molecule is CCc1nc2c(cnn2CC)c(NC2CCOCC2)c1CNC(=O)c1cccc(C(=O)NCc2cc(Cl)cc(-c3cccc(C=O)c3)c2)c1.CCc1nc2c(cnn2CC)c(NC2CCOCC2)c1CNC(=O)c1cccc(C(=O)NCc2cc(Cl)cc(-c3cccc(CN4C[C@@H]5C[C@H]4CN5)c3)c2)c1. The minimum Gasteiger partial charge on any atom is -0.381 e. The Kier molecular flexibility index (Phi) is 23.5. The van der Waals surface area contributed by atoms with E-state index in [9.17, 15) is 24.0 Å². The molecule has 0 saturated carbocycles. The smallest absolute Gasteiger partial charge is 0.251 e. The minimum atomic E-state index is -0.321. The number of carbonyl (C=O) groups is 5. The number of pyridine rings is 2. The van der Waals surface area contributed by atoms with Gasteiger partial charge in [0.1, 0.15) is 6.29 Å². The Morgan fingerprint density at radius 3 is 1.40 bits per heavy atom. The van der Waals surface area contributed by atoms with Gasteiger partial charge >= 0.3 is 0 Å². The van der Waals surface area contributed by atoms with Crippen LogP contribution in [0, 0.1) is 0 Å². The average molecular weight is 1440 g/mol. The third kappa shape index (κ3) is 17.2. The van der Waals surface area contributed by atoms with Gasteiger partial charge in [-0.25, -0.2) is 19.3 Å². The highest BCUT2D eigenvalue weighted by Crippen LogP contribution is 2.35. The molecule has 104 heavy (non-hydrogen) atoms. The standard InChI is InChI=1S/C43H49ClN8O3.C38H39ClN6O4/c1-3-39-37(40(49-34-11-13-55-14-12-34)38-24-48-52(4-2)41(38)50-39)23-47-43(54)31-10-6-9-30(18-31)42(53)46-21-28-16-32(19-33(44)17-28)29-8-5-7-27(15-29)25-51-26-35-20-36(51)22-45-35;1-3-34-32(35(43-31-11-13-49-14-12-31)33-22-42-45(4-2)36(33)44-34)21-41-38(48)28-10-6-9-27(18-28)37(47)40-20-25-16-29(19-30(39)17-25)26-8-5-7-24(15-26)23-46/h5-10,15-19,24,34-36,45H,3-4,11-14,20-23,25-26H2,1-2H3,(H,46,53)(H,47,54)(H,49,50);5-10,15-19,22-23,31H,3-4,11-14,20-21H2,1-2H3,(H,40,47)(H,41,48)(H,43,44)/t35-,36-;/m0./s1. The summed E-state index contributed by atoms with van der Waals surface area (Å²) < 4.78 is 15.0. The van der Waals surface area contributed by atoms with E-state index in [4.69, 9.17) is 42.6 Å². The number of hydrogen-bond donors (Lipinski definition) is 7. The highest BCUT2D eigenvalue weighted by Gasteiger charge is 2.37. The van der Waals surface area contributed by atoms with Gasteiger partial charge in [0, 0.05) is 170 Å². The number of fused-ring (bicyclic) bond motifs is 4. The Bertz CT molecular complexity index is 4800. The second-order valence-corrected chi connectivity index (χ2v) is 27.8. The van der Waals surface area contributed by atoms with Gasteiger partial charge < -0.3 is 46.7 Å². The van der Waals surface area contributed by atoms with Gasteiger partial charge in [0.25, 0.3) is 23.6 Å². The van der Waals surface area contributed by atoms with E-state index in [0.717, 1.165) is 141 Å². The molecule has 21 nitrogen and oxygen atoms in total. The van der Waals surface area contributed by atoms with Gasteiger partial charge in [-0.05, 0) is 183 Å². The summed E-state index contributed by atoms with van der Waals surface area (Å²) in [7, 11) is 0. The van der Waals surface area contributed by atoms with Crippen LogP contribution in [0.5, 0.6) is 0 Å². The fourth-order valence-corrected chi connectivity index (χ4v) is 15.0. The maximum Gasteiger partial charge on any atom is 0.251 e. The van der Waals surface area contributed by atoms with Gasteiger partial charge in [0.15, 0.2) is 11.3 Å². The van der Waals surface area contributed by atoms with Crippen molar-refractivity contribution in [1.82, 2.24) is 61.0 Å².